The third kappa shape index (κ3) is 4.23. The fourth-order valence-electron chi connectivity index (χ4n) is 2.21. The van der Waals surface area contributed by atoms with Gasteiger partial charge >= 0.3 is 0 Å². The summed E-state index contributed by atoms with van der Waals surface area (Å²) in [6.07, 6.45) is 5.42. The van der Waals surface area contributed by atoms with Gasteiger partial charge in [0.05, 0.1) is 6.26 Å². The van der Waals surface area contributed by atoms with Crippen LogP contribution in [-0.4, -0.2) is 25.5 Å². The summed E-state index contributed by atoms with van der Waals surface area (Å²) in [5.41, 5.74) is 0. The van der Waals surface area contributed by atoms with Crippen LogP contribution in [0.5, 0.6) is 0 Å². The number of hydrogen-bond donors (Lipinski definition) is 2. The van der Waals surface area contributed by atoms with Crippen molar-refractivity contribution >= 4 is 5.91 Å². The van der Waals surface area contributed by atoms with Crippen molar-refractivity contribution < 1.29 is 9.21 Å². The van der Waals surface area contributed by atoms with Gasteiger partial charge in [0.25, 0.3) is 0 Å². The average molecular weight is 236 g/mol. The summed E-state index contributed by atoms with van der Waals surface area (Å²) < 4.78 is 5.20. The number of hydrogen-bond acceptors (Lipinski definition) is 3. The van der Waals surface area contributed by atoms with Crippen LogP contribution in [0.3, 0.4) is 0 Å². The van der Waals surface area contributed by atoms with Gasteiger partial charge in [-0.15, -0.1) is 0 Å². The van der Waals surface area contributed by atoms with E-state index in [9.17, 15) is 4.79 Å². The van der Waals surface area contributed by atoms with Crippen LogP contribution in [0.25, 0.3) is 0 Å². The van der Waals surface area contributed by atoms with Crippen molar-refractivity contribution in [3.05, 3.63) is 24.2 Å². The van der Waals surface area contributed by atoms with Gasteiger partial charge in [-0.2, -0.15) is 0 Å². The molecule has 94 valence electrons. The minimum absolute atomic E-state index is 0.158. The number of amides is 1. The highest BCUT2D eigenvalue weighted by Crippen LogP contribution is 2.13. The largest absolute Gasteiger partial charge is 0.469 e. The molecule has 0 aromatic carbocycles. The van der Waals surface area contributed by atoms with Gasteiger partial charge in [-0.1, -0.05) is 0 Å². The van der Waals surface area contributed by atoms with Crippen LogP contribution in [0.1, 0.15) is 25.0 Å². The standard InChI is InChI=1S/C13H20N2O2/c16-13(9-11-3-1-6-14-10-11)15-7-5-12-4-2-8-17-12/h2,4,8,11,14H,1,3,5-7,9-10H2,(H,15,16). The molecule has 1 atom stereocenters. The molecule has 0 radical (unpaired) electrons. The molecule has 1 fully saturated rings. The fraction of sp³-hybridized carbons (Fsp3) is 0.615. The van der Waals surface area contributed by atoms with E-state index in [0.717, 1.165) is 25.3 Å². The molecule has 1 unspecified atom stereocenters. The predicted octanol–water partition coefficient (Wildman–Crippen LogP) is 1.33. The second kappa shape index (κ2) is 6.45. The minimum Gasteiger partial charge on any atom is -0.469 e. The number of furan rings is 1. The van der Waals surface area contributed by atoms with Crippen molar-refractivity contribution in [2.45, 2.75) is 25.7 Å². The van der Waals surface area contributed by atoms with Crippen LogP contribution in [0.2, 0.25) is 0 Å². The first-order chi connectivity index (χ1) is 8.34. The SMILES string of the molecule is O=C(CC1CCCNC1)NCCc1ccco1. The van der Waals surface area contributed by atoms with Crippen LogP contribution in [0.15, 0.2) is 22.8 Å². The monoisotopic (exact) mass is 236 g/mol. The van der Waals surface area contributed by atoms with Crippen molar-refractivity contribution in [3.8, 4) is 0 Å². The zero-order valence-corrected chi connectivity index (χ0v) is 10.1. The summed E-state index contributed by atoms with van der Waals surface area (Å²) in [7, 11) is 0. The van der Waals surface area contributed by atoms with E-state index in [2.05, 4.69) is 10.6 Å². The molecule has 2 N–H and O–H groups in total. The maximum atomic E-state index is 11.7. The predicted molar refractivity (Wildman–Crippen MR) is 65.6 cm³/mol. The average Bonchev–Trinajstić information content (AvgIpc) is 2.83. The lowest BCUT2D eigenvalue weighted by molar-refractivity contribution is -0.122. The Bertz CT molecular complexity index is 329. The third-order valence-corrected chi connectivity index (χ3v) is 3.15. The Hall–Kier alpha value is -1.29. The Morgan fingerprint density at radius 3 is 3.24 bits per heavy atom. The van der Waals surface area contributed by atoms with Crippen LogP contribution in [-0.2, 0) is 11.2 Å². The molecule has 1 aliphatic heterocycles. The summed E-state index contributed by atoms with van der Waals surface area (Å²) in [5.74, 6) is 1.59. The highest BCUT2D eigenvalue weighted by atomic mass is 16.3. The molecule has 2 heterocycles. The zero-order valence-electron chi connectivity index (χ0n) is 10.1. The zero-order chi connectivity index (χ0) is 11.9. The Labute approximate surface area is 102 Å². The van der Waals surface area contributed by atoms with Crippen LogP contribution < -0.4 is 10.6 Å². The van der Waals surface area contributed by atoms with Crippen LogP contribution in [0.4, 0.5) is 0 Å². The van der Waals surface area contributed by atoms with E-state index in [1.54, 1.807) is 6.26 Å². The highest BCUT2D eigenvalue weighted by molar-refractivity contribution is 5.76. The van der Waals surface area contributed by atoms with E-state index in [4.69, 9.17) is 4.42 Å². The summed E-state index contributed by atoms with van der Waals surface area (Å²) in [6.45, 7) is 2.73. The lowest BCUT2D eigenvalue weighted by atomic mass is 9.96. The second-order valence-electron chi connectivity index (χ2n) is 4.60. The van der Waals surface area contributed by atoms with E-state index in [0.29, 0.717) is 18.9 Å². The Morgan fingerprint density at radius 1 is 1.59 bits per heavy atom. The smallest absolute Gasteiger partial charge is 0.220 e. The van der Waals surface area contributed by atoms with Gasteiger partial charge in [-0.05, 0) is 44.0 Å². The molecule has 1 aliphatic rings. The first kappa shape index (κ1) is 12.2. The van der Waals surface area contributed by atoms with Gasteiger partial charge in [-0.3, -0.25) is 4.79 Å². The maximum absolute atomic E-state index is 11.7. The molecule has 1 aromatic heterocycles. The lowest BCUT2D eigenvalue weighted by Gasteiger charge is -2.21. The number of carbonyl (C=O) groups excluding carboxylic acids is 1. The Balaban J connectivity index is 1.60. The number of piperidine rings is 1. The van der Waals surface area contributed by atoms with Gasteiger partial charge in [0.1, 0.15) is 5.76 Å². The lowest BCUT2D eigenvalue weighted by Crippen LogP contribution is -2.34. The summed E-state index contributed by atoms with van der Waals surface area (Å²) in [4.78, 5) is 11.7. The molecule has 0 saturated carbocycles. The molecule has 2 rings (SSSR count). The van der Waals surface area contributed by atoms with Crippen molar-refractivity contribution in [1.82, 2.24) is 10.6 Å². The van der Waals surface area contributed by atoms with E-state index in [1.807, 2.05) is 12.1 Å². The molecule has 1 amide bonds. The molecule has 0 aliphatic carbocycles. The maximum Gasteiger partial charge on any atom is 0.220 e. The van der Waals surface area contributed by atoms with Crippen molar-refractivity contribution in [2.24, 2.45) is 5.92 Å². The molecule has 1 aromatic rings. The molecular formula is C13H20N2O2. The molecule has 0 bridgehead atoms. The number of rotatable bonds is 5. The molecule has 4 heteroatoms. The molecule has 4 nitrogen and oxygen atoms in total. The van der Waals surface area contributed by atoms with E-state index < -0.39 is 0 Å². The summed E-state index contributed by atoms with van der Waals surface area (Å²) in [6, 6.07) is 3.79. The second-order valence-corrected chi connectivity index (χ2v) is 4.60. The summed E-state index contributed by atoms with van der Waals surface area (Å²) in [5, 5.41) is 6.27. The first-order valence-corrected chi connectivity index (χ1v) is 6.34. The molecular weight excluding hydrogens is 216 g/mol. The van der Waals surface area contributed by atoms with Crippen molar-refractivity contribution in [1.29, 1.82) is 0 Å². The fourth-order valence-corrected chi connectivity index (χ4v) is 2.21. The van der Waals surface area contributed by atoms with E-state index in [-0.39, 0.29) is 5.91 Å². The third-order valence-electron chi connectivity index (χ3n) is 3.15. The van der Waals surface area contributed by atoms with E-state index >= 15 is 0 Å². The molecule has 17 heavy (non-hydrogen) atoms. The minimum atomic E-state index is 0.158. The highest BCUT2D eigenvalue weighted by Gasteiger charge is 2.16. The normalized spacial score (nSPS) is 20.1. The molecule has 0 spiro atoms. The van der Waals surface area contributed by atoms with E-state index in [1.165, 1.54) is 12.8 Å². The van der Waals surface area contributed by atoms with Crippen LogP contribution >= 0.6 is 0 Å². The molecule has 1 saturated heterocycles. The Morgan fingerprint density at radius 2 is 2.53 bits per heavy atom. The number of carbonyl (C=O) groups is 1. The van der Waals surface area contributed by atoms with Crippen LogP contribution in [0, 0.1) is 5.92 Å². The van der Waals surface area contributed by atoms with Crippen molar-refractivity contribution in [3.63, 3.8) is 0 Å². The quantitative estimate of drug-likeness (QED) is 0.811. The number of nitrogens with one attached hydrogen (secondary N) is 2. The van der Waals surface area contributed by atoms with Gasteiger partial charge in [0.2, 0.25) is 5.91 Å². The van der Waals surface area contributed by atoms with Gasteiger partial charge in [-0.25, -0.2) is 0 Å². The van der Waals surface area contributed by atoms with Gasteiger partial charge < -0.3 is 15.1 Å². The first-order valence-electron chi connectivity index (χ1n) is 6.34. The topological polar surface area (TPSA) is 54.3 Å². The van der Waals surface area contributed by atoms with Gasteiger partial charge in [0, 0.05) is 19.4 Å². The Kier molecular flexibility index (Phi) is 4.62. The van der Waals surface area contributed by atoms with Gasteiger partial charge in [0.15, 0.2) is 0 Å². The summed E-state index contributed by atoms with van der Waals surface area (Å²) >= 11 is 0. The van der Waals surface area contributed by atoms with Crippen molar-refractivity contribution in [2.75, 3.05) is 19.6 Å².